The number of amides is 2. The largest absolute Gasteiger partial charge is 0.481 e. The Hall–Kier alpha value is -2.37. The molecule has 1 aromatic carbocycles. The predicted molar refractivity (Wildman–Crippen MR) is 79.1 cm³/mol. The molecule has 2 N–H and O–H groups in total. The maximum Gasteiger partial charge on any atom is 0.309 e. The Bertz CT molecular complexity index is 547. The maximum absolute atomic E-state index is 11.8. The van der Waals surface area contributed by atoms with E-state index >= 15 is 0 Å². The third-order valence-electron chi connectivity index (χ3n) is 3.00. The number of carboxylic acids is 1. The molecule has 0 aliphatic heterocycles. The molecule has 0 aliphatic rings. The van der Waals surface area contributed by atoms with Crippen molar-refractivity contribution >= 4 is 23.5 Å². The lowest BCUT2D eigenvalue weighted by Gasteiger charge is -2.18. The molecular formula is C15H20N2O4. The van der Waals surface area contributed by atoms with Crippen LogP contribution < -0.4 is 5.32 Å². The first-order chi connectivity index (χ1) is 9.63. The molecule has 0 saturated carbocycles. The van der Waals surface area contributed by atoms with Crippen molar-refractivity contribution in [2.45, 2.75) is 20.3 Å². The molecule has 0 aliphatic carbocycles. The number of anilines is 1. The van der Waals surface area contributed by atoms with Crippen molar-refractivity contribution in [3.05, 3.63) is 29.8 Å². The van der Waals surface area contributed by atoms with Crippen LogP contribution in [-0.4, -0.2) is 41.9 Å². The van der Waals surface area contributed by atoms with Gasteiger partial charge < -0.3 is 15.3 Å². The molecule has 1 rings (SSSR count). The number of nitrogens with zero attached hydrogens (tertiary/aromatic N) is 1. The van der Waals surface area contributed by atoms with Gasteiger partial charge in [-0.15, -0.1) is 0 Å². The fourth-order valence-corrected chi connectivity index (χ4v) is 1.64. The molecule has 2 amide bonds. The van der Waals surface area contributed by atoms with Gasteiger partial charge in [0, 0.05) is 31.8 Å². The van der Waals surface area contributed by atoms with Gasteiger partial charge >= 0.3 is 5.97 Å². The number of hydrogen-bond acceptors (Lipinski definition) is 3. The van der Waals surface area contributed by atoms with Gasteiger partial charge in [0.1, 0.15) is 0 Å². The van der Waals surface area contributed by atoms with Gasteiger partial charge in [0.25, 0.3) is 5.91 Å². The van der Waals surface area contributed by atoms with E-state index in [1.807, 2.05) is 0 Å². The molecule has 114 valence electrons. The Labute approximate surface area is 123 Å². The van der Waals surface area contributed by atoms with Gasteiger partial charge in [-0.1, -0.05) is 0 Å². The average molecular weight is 292 g/mol. The molecule has 0 spiro atoms. The molecule has 0 atom stereocenters. The van der Waals surface area contributed by atoms with E-state index in [0.29, 0.717) is 11.3 Å². The van der Waals surface area contributed by atoms with Crippen LogP contribution in [-0.2, 0) is 9.59 Å². The van der Waals surface area contributed by atoms with Gasteiger partial charge in [-0.3, -0.25) is 14.4 Å². The molecule has 6 nitrogen and oxygen atoms in total. The Kier molecular flexibility index (Phi) is 5.07. The summed E-state index contributed by atoms with van der Waals surface area (Å²) in [6.07, 6.45) is -0.124. The van der Waals surface area contributed by atoms with Crippen molar-refractivity contribution < 1.29 is 19.5 Å². The monoisotopic (exact) mass is 292 g/mol. The predicted octanol–water partition coefficient (Wildman–Crippen LogP) is 1.83. The molecule has 0 aromatic heterocycles. The van der Waals surface area contributed by atoms with E-state index in [0.717, 1.165) is 0 Å². The number of aliphatic carboxylic acids is 1. The fraction of sp³-hybridized carbons (Fsp3) is 0.400. The van der Waals surface area contributed by atoms with Crippen LogP contribution in [0.2, 0.25) is 0 Å². The van der Waals surface area contributed by atoms with Crippen LogP contribution >= 0.6 is 0 Å². The number of carboxylic acid groups (broad SMARTS) is 1. The third-order valence-corrected chi connectivity index (χ3v) is 3.00. The van der Waals surface area contributed by atoms with E-state index in [2.05, 4.69) is 5.32 Å². The lowest BCUT2D eigenvalue weighted by Crippen LogP contribution is -2.29. The molecule has 0 unspecified atom stereocenters. The van der Waals surface area contributed by atoms with Crippen molar-refractivity contribution in [2.75, 3.05) is 19.4 Å². The van der Waals surface area contributed by atoms with E-state index in [1.165, 1.54) is 18.7 Å². The fourth-order valence-electron chi connectivity index (χ4n) is 1.64. The minimum atomic E-state index is -1.12. The van der Waals surface area contributed by atoms with Gasteiger partial charge in [0.2, 0.25) is 5.91 Å². The van der Waals surface area contributed by atoms with E-state index in [4.69, 9.17) is 5.11 Å². The number of rotatable bonds is 5. The summed E-state index contributed by atoms with van der Waals surface area (Å²) in [5.74, 6) is -1.53. The van der Waals surface area contributed by atoms with Crippen LogP contribution in [0.15, 0.2) is 24.3 Å². The van der Waals surface area contributed by atoms with Crippen LogP contribution in [0.1, 0.15) is 30.6 Å². The van der Waals surface area contributed by atoms with Crippen LogP contribution in [0.5, 0.6) is 0 Å². The van der Waals surface area contributed by atoms with E-state index in [-0.39, 0.29) is 18.2 Å². The zero-order chi connectivity index (χ0) is 16.2. The molecule has 1 aromatic rings. The summed E-state index contributed by atoms with van der Waals surface area (Å²) in [4.78, 5) is 36.0. The third kappa shape index (κ3) is 4.59. The second kappa shape index (κ2) is 6.39. The first-order valence-electron chi connectivity index (χ1n) is 6.48. The standard InChI is InChI=1S/C15H20N2O4/c1-15(2,14(20)21)9-12(18)16-11-7-5-10(6-8-11)13(19)17(3)4/h5-8H,9H2,1-4H3,(H,16,18)(H,20,21). The van der Waals surface area contributed by atoms with E-state index in [1.54, 1.807) is 38.4 Å². The average Bonchev–Trinajstić information content (AvgIpc) is 2.37. The lowest BCUT2D eigenvalue weighted by atomic mass is 9.89. The molecule has 0 heterocycles. The minimum Gasteiger partial charge on any atom is -0.481 e. The smallest absolute Gasteiger partial charge is 0.309 e. The first kappa shape index (κ1) is 16.7. The number of nitrogens with one attached hydrogen (secondary N) is 1. The normalized spacial score (nSPS) is 10.9. The maximum atomic E-state index is 11.8. The summed E-state index contributed by atoms with van der Waals surface area (Å²) in [7, 11) is 3.32. The molecule has 0 saturated heterocycles. The van der Waals surface area contributed by atoms with Crippen molar-refractivity contribution in [3.63, 3.8) is 0 Å². The van der Waals surface area contributed by atoms with Crippen LogP contribution in [0, 0.1) is 5.41 Å². The van der Waals surface area contributed by atoms with Crippen LogP contribution in [0.3, 0.4) is 0 Å². The Balaban J connectivity index is 2.70. The van der Waals surface area contributed by atoms with Gasteiger partial charge in [-0.25, -0.2) is 0 Å². The van der Waals surface area contributed by atoms with Gasteiger partial charge in [-0.2, -0.15) is 0 Å². The highest BCUT2D eigenvalue weighted by Gasteiger charge is 2.30. The highest BCUT2D eigenvalue weighted by atomic mass is 16.4. The molecule has 0 fully saturated rings. The highest BCUT2D eigenvalue weighted by Crippen LogP contribution is 2.21. The summed E-state index contributed by atoms with van der Waals surface area (Å²) >= 11 is 0. The van der Waals surface area contributed by atoms with Crippen molar-refractivity contribution in [1.82, 2.24) is 4.90 Å². The number of carbonyl (C=O) groups is 3. The zero-order valence-corrected chi connectivity index (χ0v) is 12.6. The summed E-state index contributed by atoms with van der Waals surface area (Å²) < 4.78 is 0. The van der Waals surface area contributed by atoms with Gasteiger partial charge in [0.15, 0.2) is 0 Å². The minimum absolute atomic E-state index is 0.124. The SMILES string of the molecule is CN(C)C(=O)c1ccc(NC(=O)CC(C)(C)C(=O)O)cc1. The van der Waals surface area contributed by atoms with Gasteiger partial charge in [-0.05, 0) is 38.1 Å². The quantitative estimate of drug-likeness (QED) is 0.866. The Morgan fingerprint density at radius 1 is 1.14 bits per heavy atom. The number of benzene rings is 1. The second-order valence-electron chi connectivity index (χ2n) is 5.69. The van der Waals surface area contributed by atoms with Crippen molar-refractivity contribution in [2.24, 2.45) is 5.41 Å². The first-order valence-corrected chi connectivity index (χ1v) is 6.48. The number of carbonyl (C=O) groups excluding carboxylic acids is 2. The number of hydrogen-bond donors (Lipinski definition) is 2. The summed E-state index contributed by atoms with van der Waals surface area (Å²) in [6, 6.07) is 6.45. The van der Waals surface area contributed by atoms with Crippen LogP contribution in [0.4, 0.5) is 5.69 Å². The van der Waals surface area contributed by atoms with E-state index in [9.17, 15) is 14.4 Å². The Morgan fingerprint density at radius 3 is 2.10 bits per heavy atom. The van der Waals surface area contributed by atoms with E-state index < -0.39 is 11.4 Å². The summed E-state index contributed by atoms with van der Waals surface area (Å²) in [5, 5.41) is 11.6. The highest BCUT2D eigenvalue weighted by molar-refractivity contribution is 5.96. The molecule has 6 heteroatoms. The van der Waals surface area contributed by atoms with Crippen LogP contribution in [0.25, 0.3) is 0 Å². The molecular weight excluding hydrogens is 272 g/mol. The second-order valence-corrected chi connectivity index (χ2v) is 5.69. The summed E-state index contributed by atoms with van der Waals surface area (Å²) in [5.41, 5.74) is -0.0781. The Morgan fingerprint density at radius 2 is 1.67 bits per heavy atom. The summed E-state index contributed by atoms with van der Waals surface area (Å²) in [6.45, 7) is 2.99. The topological polar surface area (TPSA) is 86.7 Å². The lowest BCUT2D eigenvalue weighted by molar-refractivity contribution is -0.148. The van der Waals surface area contributed by atoms with Crippen molar-refractivity contribution in [1.29, 1.82) is 0 Å². The molecule has 0 bridgehead atoms. The molecule has 21 heavy (non-hydrogen) atoms. The van der Waals surface area contributed by atoms with Gasteiger partial charge in [0.05, 0.1) is 5.41 Å². The zero-order valence-electron chi connectivity index (χ0n) is 12.6. The van der Waals surface area contributed by atoms with Crippen molar-refractivity contribution in [3.8, 4) is 0 Å². The molecule has 0 radical (unpaired) electrons.